The third-order valence-electron chi connectivity index (χ3n) is 4.75. The van der Waals surface area contributed by atoms with E-state index in [0.29, 0.717) is 24.2 Å². The molecule has 5 heteroatoms. The van der Waals surface area contributed by atoms with E-state index < -0.39 is 0 Å². The van der Waals surface area contributed by atoms with E-state index in [0.717, 1.165) is 30.6 Å². The van der Waals surface area contributed by atoms with E-state index in [1.165, 1.54) is 0 Å². The summed E-state index contributed by atoms with van der Waals surface area (Å²) < 4.78 is 0. The Morgan fingerprint density at radius 3 is 2.68 bits per heavy atom. The lowest BCUT2D eigenvalue weighted by Crippen LogP contribution is -2.26. The Kier molecular flexibility index (Phi) is 5.36. The quantitative estimate of drug-likeness (QED) is 0.780. The molecule has 1 amide bonds. The normalized spacial score (nSPS) is 17.6. The highest BCUT2D eigenvalue weighted by Gasteiger charge is 2.21. The van der Waals surface area contributed by atoms with Crippen molar-refractivity contribution < 1.29 is 15.0 Å². The van der Waals surface area contributed by atoms with Crippen molar-refractivity contribution in [3.63, 3.8) is 0 Å². The van der Waals surface area contributed by atoms with Crippen LogP contribution in [-0.4, -0.2) is 40.2 Å². The Morgan fingerprint density at radius 2 is 1.96 bits per heavy atom. The largest absolute Gasteiger partial charge is 0.508 e. The zero-order valence-corrected chi connectivity index (χ0v) is 14.4. The molecule has 0 saturated carbocycles. The number of β-amino-alcohol motifs (C(OH)–C–C–N with tert-alkyl or cyclic N) is 1. The molecule has 1 fully saturated rings. The number of carbonyl (C=O) groups excluding carboxylic acids is 1. The smallest absolute Gasteiger partial charge is 0.251 e. The summed E-state index contributed by atoms with van der Waals surface area (Å²) in [5.41, 5.74) is 3.29. The van der Waals surface area contributed by atoms with Crippen molar-refractivity contribution in [1.29, 1.82) is 0 Å². The van der Waals surface area contributed by atoms with E-state index in [1.807, 2.05) is 18.2 Å². The second kappa shape index (κ2) is 7.68. The van der Waals surface area contributed by atoms with E-state index in [9.17, 15) is 15.0 Å². The number of aliphatic hydroxyl groups is 1. The summed E-state index contributed by atoms with van der Waals surface area (Å²) >= 11 is 0. The van der Waals surface area contributed by atoms with Crippen LogP contribution in [0.4, 0.5) is 0 Å². The van der Waals surface area contributed by atoms with Crippen LogP contribution in [0.15, 0.2) is 42.5 Å². The molecule has 132 valence electrons. The number of hydrogen-bond acceptors (Lipinski definition) is 4. The van der Waals surface area contributed by atoms with E-state index in [2.05, 4.69) is 16.3 Å². The molecular weight excluding hydrogens is 316 g/mol. The van der Waals surface area contributed by atoms with Gasteiger partial charge < -0.3 is 15.5 Å². The maximum Gasteiger partial charge on any atom is 0.251 e. The minimum absolute atomic E-state index is 0.126. The molecule has 2 aromatic rings. The minimum Gasteiger partial charge on any atom is -0.508 e. The highest BCUT2D eigenvalue weighted by atomic mass is 16.3. The predicted octanol–water partition coefficient (Wildman–Crippen LogP) is 2.20. The third-order valence-corrected chi connectivity index (χ3v) is 4.75. The summed E-state index contributed by atoms with van der Waals surface area (Å²) in [6.45, 7) is 4.53. The molecule has 0 spiro atoms. The second-order valence-electron chi connectivity index (χ2n) is 6.58. The lowest BCUT2D eigenvalue weighted by atomic mass is 10.1. The third kappa shape index (κ3) is 4.18. The van der Waals surface area contributed by atoms with Crippen molar-refractivity contribution in [2.75, 3.05) is 13.1 Å². The van der Waals surface area contributed by atoms with Gasteiger partial charge in [-0.3, -0.25) is 9.69 Å². The molecule has 3 N–H and O–H groups in total. The molecule has 1 heterocycles. The van der Waals surface area contributed by atoms with Gasteiger partial charge in [-0.25, -0.2) is 0 Å². The zero-order valence-electron chi connectivity index (χ0n) is 14.4. The first kappa shape index (κ1) is 17.5. The second-order valence-corrected chi connectivity index (χ2v) is 6.58. The number of rotatable bonds is 5. The number of likely N-dealkylation sites (tertiary alicyclic amines) is 1. The Balaban J connectivity index is 1.67. The summed E-state index contributed by atoms with van der Waals surface area (Å²) in [5, 5.41) is 22.4. The fourth-order valence-electron chi connectivity index (χ4n) is 3.22. The molecule has 2 aromatic carbocycles. The van der Waals surface area contributed by atoms with Crippen LogP contribution < -0.4 is 5.32 Å². The predicted molar refractivity (Wildman–Crippen MR) is 96.4 cm³/mol. The molecule has 1 aliphatic rings. The molecule has 1 saturated heterocycles. The highest BCUT2D eigenvalue weighted by Crippen LogP contribution is 2.20. The van der Waals surface area contributed by atoms with Crippen LogP contribution in [0.5, 0.6) is 5.75 Å². The number of amides is 1. The van der Waals surface area contributed by atoms with Gasteiger partial charge in [0, 0.05) is 37.3 Å². The SMILES string of the molecule is Cc1c(O)cccc1C(=O)NCc1ccccc1CN1CC[C@H](O)C1. The minimum atomic E-state index is -0.236. The van der Waals surface area contributed by atoms with E-state index in [1.54, 1.807) is 25.1 Å². The van der Waals surface area contributed by atoms with E-state index in [4.69, 9.17) is 0 Å². The van der Waals surface area contributed by atoms with Crippen LogP contribution >= 0.6 is 0 Å². The molecule has 0 aliphatic carbocycles. The van der Waals surface area contributed by atoms with Gasteiger partial charge in [-0.15, -0.1) is 0 Å². The monoisotopic (exact) mass is 340 g/mol. The number of aromatic hydroxyl groups is 1. The van der Waals surface area contributed by atoms with Crippen molar-refractivity contribution in [1.82, 2.24) is 10.2 Å². The van der Waals surface area contributed by atoms with Crippen molar-refractivity contribution >= 4 is 5.91 Å². The van der Waals surface area contributed by atoms with Crippen LogP contribution in [0.1, 0.15) is 33.5 Å². The van der Waals surface area contributed by atoms with Crippen LogP contribution in [0.3, 0.4) is 0 Å². The fraction of sp³-hybridized carbons (Fsp3) is 0.350. The Labute approximate surface area is 147 Å². The first-order valence-corrected chi connectivity index (χ1v) is 8.58. The van der Waals surface area contributed by atoms with Crippen LogP contribution in [0, 0.1) is 6.92 Å². The van der Waals surface area contributed by atoms with Crippen LogP contribution in [0.2, 0.25) is 0 Å². The average molecular weight is 340 g/mol. The Hall–Kier alpha value is -2.37. The standard InChI is InChI=1S/C20H24N2O3/c1-14-18(7-4-8-19(14)24)20(25)21-11-15-5-2-3-6-16(15)12-22-10-9-17(23)13-22/h2-8,17,23-24H,9-13H2,1H3,(H,21,25)/t17-/m0/s1. The number of phenols is 1. The van der Waals surface area contributed by atoms with E-state index >= 15 is 0 Å². The highest BCUT2D eigenvalue weighted by molar-refractivity contribution is 5.96. The topological polar surface area (TPSA) is 72.8 Å². The summed E-state index contributed by atoms with van der Waals surface area (Å²) in [6, 6.07) is 13.0. The number of nitrogens with one attached hydrogen (secondary N) is 1. The van der Waals surface area contributed by atoms with E-state index in [-0.39, 0.29) is 17.8 Å². The number of nitrogens with zero attached hydrogens (tertiary/aromatic N) is 1. The number of carbonyl (C=O) groups is 1. The van der Waals surface area contributed by atoms with Crippen LogP contribution in [-0.2, 0) is 13.1 Å². The summed E-state index contributed by atoms with van der Waals surface area (Å²) in [6.07, 6.45) is 0.580. The average Bonchev–Trinajstić information content (AvgIpc) is 3.01. The molecule has 0 radical (unpaired) electrons. The molecule has 5 nitrogen and oxygen atoms in total. The molecule has 0 aromatic heterocycles. The van der Waals surface area contributed by atoms with Crippen molar-refractivity contribution in [2.24, 2.45) is 0 Å². The number of hydrogen-bond donors (Lipinski definition) is 3. The number of phenolic OH excluding ortho intramolecular Hbond substituents is 1. The van der Waals surface area contributed by atoms with Crippen LogP contribution in [0.25, 0.3) is 0 Å². The first-order chi connectivity index (χ1) is 12.0. The van der Waals surface area contributed by atoms with Crippen molar-refractivity contribution in [2.45, 2.75) is 32.5 Å². The lowest BCUT2D eigenvalue weighted by Gasteiger charge is -2.18. The molecule has 1 atom stereocenters. The molecule has 25 heavy (non-hydrogen) atoms. The van der Waals surface area contributed by atoms with Gasteiger partial charge in [-0.2, -0.15) is 0 Å². The van der Waals surface area contributed by atoms with Gasteiger partial charge in [-0.05, 0) is 36.6 Å². The molecular formula is C20H24N2O3. The molecule has 3 rings (SSSR count). The Morgan fingerprint density at radius 1 is 1.20 bits per heavy atom. The first-order valence-electron chi connectivity index (χ1n) is 8.58. The fourth-order valence-corrected chi connectivity index (χ4v) is 3.22. The number of benzene rings is 2. The summed E-state index contributed by atoms with van der Waals surface area (Å²) in [7, 11) is 0. The van der Waals surface area contributed by atoms with Crippen molar-refractivity contribution in [3.8, 4) is 5.75 Å². The Bertz CT molecular complexity index is 760. The van der Waals surface area contributed by atoms with Gasteiger partial charge >= 0.3 is 0 Å². The maximum atomic E-state index is 12.4. The molecule has 0 unspecified atom stereocenters. The van der Waals surface area contributed by atoms with Gasteiger partial charge in [0.25, 0.3) is 5.91 Å². The molecule has 1 aliphatic heterocycles. The van der Waals surface area contributed by atoms with Gasteiger partial charge in [-0.1, -0.05) is 30.3 Å². The van der Waals surface area contributed by atoms with Crippen molar-refractivity contribution in [3.05, 3.63) is 64.7 Å². The van der Waals surface area contributed by atoms with Gasteiger partial charge in [0.1, 0.15) is 5.75 Å². The molecule has 0 bridgehead atoms. The zero-order chi connectivity index (χ0) is 17.8. The number of aliphatic hydroxyl groups excluding tert-OH is 1. The summed E-state index contributed by atoms with van der Waals surface area (Å²) in [4.78, 5) is 14.7. The lowest BCUT2D eigenvalue weighted by molar-refractivity contribution is 0.0949. The summed E-state index contributed by atoms with van der Waals surface area (Å²) in [5.74, 6) is -0.0690. The van der Waals surface area contributed by atoms with Gasteiger partial charge in [0.05, 0.1) is 6.10 Å². The maximum absolute atomic E-state index is 12.4. The van der Waals surface area contributed by atoms with Gasteiger partial charge in [0.15, 0.2) is 0 Å². The van der Waals surface area contributed by atoms with Gasteiger partial charge in [0.2, 0.25) is 0 Å².